The van der Waals surface area contributed by atoms with Crippen molar-refractivity contribution < 1.29 is 9.53 Å². The first-order valence-corrected chi connectivity index (χ1v) is 8.68. The molecule has 5 heteroatoms. The van der Waals surface area contributed by atoms with Crippen LogP contribution in [0.25, 0.3) is 27.8 Å². The molecule has 0 saturated carbocycles. The minimum absolute atomic E-state index is 0.376. The molecule has 0 N–H and O–H groups in total. The summed E-state index contributed by atoms with van der Waals surface area (Å²) in [7, 11) is 1.39. The molecule has 2 aromatic heterocycles. The zero-order valence-electron chi connectivity index (χ0n) is 15.4. The Labute approximate surface area is 157 Å². The summed E-state index contributed by atoms with van der Waals surface area (Å²) in [5.74, 6) is -0.376. The van der Waals surface area contributed by atoms with Crippen LogP contribution in [0.3, 0.4) is 0 Å². The molecule has 0 radical (unpaired) electrons. The Bertz CT molecular complexity index is 1140. The number of benzene rings is 2. The second kappa shape index (κ2) is 6.68. The van der Waals surface area contributed by atoms with Gasteiger partial charge in [0.1, 0.15) is 0 Å². The van der Waals surface area contributed by atoms with Crippen molar-refractivity contribution in [3.05, 3.63) is 77.6 Å². The van der Waals surface area contributed by atoms with Crippen molar-refractivity contribution in [1.29, 1.82) is 0 Å². The Hall–Kier alpha value is -3.47. The van der Waals surface area contributed by atoms with Gasteiger partial charge in [0.15, 0.2) is 0 Å². The highest BCUT2D eigenvalue weighted by Crippen LogP contribution is 2.28. The van der Waals surface area contributed by atoms with Crippen molar-refractivity contribution in [3.8, 4) is 16.9 Å². The topological polar surface area (TPSA) is 57.0 Å². The Morgan fingerprint density at radius 2 is 1.78 bits per heavy atom. The number of carbonyl (C=O) groups excluding carboxylic acids is 1. The third kappa shape index (κ3) is 2.97. The standard InChI is InChI=1S/C22H19N3O2/c1-14-8-10-16(11-9-14)25-15(2)19(13-23-25)21-12-18(22(26)27-3)17-6-4-5-7-20(17)24-21/h4-13H,1-3H3. The first kappa shape index (κ1) is 17.0. The quantitative estimate of drug-likeness (QED) is 0.507. The molecule has 0 aliphatic carbocycles. The van der Waals surface area contributed by atoms with E-state index in [1.165, 1.54) is 12.7 Å². The minimum atomic E-state index is -0.376. The second-order valence-electron chi connectivity index (χ2n) is 6.45. The highest BCUT2D eigenvalue weighted by atomic mass is 16.5. The molecular weight excluding hydrogens is 338 g/mol. The predicted octanol–water partition coefficient (Wildman–Crippen LogP) is 4.49. The van der Waals surface area contributed by atoms with Crippen LogP contribution < -0.4 is 0 Å². The number of nitrogens with zero attached hydrogens (tertiary/aromatic N) is 3. The van der Waals surface area contributed by atoms with Gasteiger partial charge >= 0.3 is 5.97 Å². The summed E-state index contributed by atoms with van der Waals surface area (Å²) >= 11 is 0. The van der Waals surface area contributed by atoms with Gasteiger partial charge in [-0.3, -0.25) is 0 Å². The smallest absolute Gasteiger partial charge is 0.338 e. The van der Waals surface area contributed by atoms with Crippen LogP contribution >= 0.6 is 0 Å². The summed E-state index contributed by atoms with van der Waals surface area (Å²) in [5, 5.41) is 5.30. The van der Waals surface area contributed by atoms with Gasteiger partial charge in [-0.1, -0.05) is 35.9 Å². The first-order chi connectivity index (χ1) is 13.1. The van der Waals surface area contributed by atoms with E-state index in [0.29, 0.717) is 11.3 Å². The fourth-order valence-corrected chi connectivity index (χ4v) is 3.20. The van der Waals surface area contributed by atoms with Crippen molar-refractivity contribution in [2.24, 2.45) is 0 Å². The van der Waals surface area contributed by atoms with Gasteiger partial charge in [0.25, 0.3) is 0 Å². The molecular formula is C22H19N3O2. The van der Waals surface area contributed by atoms with Gasteiger partial charge in [-0.25, -0.2) is 14.5 Å². The maximum absolute atomic E-state index is 12.3. The monoisotopic (exact) mass is 357 g/mol. The number of aryl methyl sites for hydroxylation is 1. The van der Waals surface area contributed by atoms with Crippen molar-refractivity contribution in [2.45, 2.75) is 13.8 Å². The zero-order chi connectivity index (χ0) is 19.0. The van der Waals surface area contributed by atoms with Crippen LogP contribution in [0, 0.1) is 13.8 Å². The number of aromatic nitrogens is 3. The summed E-state index contributed by atoms with van der Waals surface area (Å²) < 4.78 is 6.84. The van der Waals surface area contributed by atoms with E-state index in [0.717, 1.165) is 27.8 Å². The molecule has 27 heavy (non-hydrogen) atoms. The van der Waals surface area contributed by atoms with Gasteiger partial charge in [-0.15, -0.1) is 0 Å². The lowest BCUT2D eigenvalue weighted by molar-refractivity contribution is 0.0603. The Kier molecular flexibility index (Phi) is 4.20. The number of esters is 1. The number of methoxy groups -OCH3 is 1. The molecule has 2 heterocycles. The third-order valence-electron chi connectivity index (χ3n) is 4.69. The molecule has 0 unspecified atom stereocenters. The van der Waals surface area contributed by atoms with Gasteiger partial charge < -0.3 is 4.74 Å². The molecule has 0 atom stereocenters. The van der Waals surface area contributed by atoms with Gasteiger partial charge in [-0.05, 0) is 38.1 Å². The molecule has 4 aromatic rings. The van der Waals surface area contributed by atoms with Crippen LogP contribution in [0.1, 0.15) is 21.6 Å². The molecule has 0 amide bonds. The minimum Gasteiger partial charge on any atom is -0.465 e. The average Bonchev–Trinajstić information content (AvgIpc) is 3.08. The van der Waals surface area contributed by atoms with Gasteiger partial charge in [0.2, 0.25) is 0 Å². The molecule has 134 valence electrons. The number of hydrogen-bond acceptors (Lipinski definition) is 4. The number of ether oxygens (including phenoxy) is 1. The lowest BCUT2D eigenvalue weighted by Gasteiger charge is -2.09. The SMILES string of the molecule is COC(=O)c1cc(-c2cnn(-c3ccc(C)cc3)c2C)nc2ccccc12. The molecule has 2 aromatic carbocycles. The highest BCUT2D eigenvalue weighted by molar-refractivity contribution is 6.04. The zero-order valence-corrected chi connectivity index (χ0v) is 15.4. The van der Waals surface area contributed by atoms with Crippen LogP contribution in [-0.4, -0.2) is 27.8 Å². The predicted molar refractivity (Wildman–Crippen MR) is 105 cm³/mol. The van der Waals surface area contributed by atoms with E-state index >= 15 is 0 Å². The Morgan fingerprint density at radius 3 is 2.52 bits per heavy atom. The Morgan fingerprint density at radius 1 is 1.04 bits per heavy atom. The fraction of sp³-hybridized carbons (Fsp3) is 0.136. The van der Waals surface area contributed by atoms with Gasteiger partial charge in [0, 0.05) is 10.9 Å². The summed E-state index contributed by atoms with van der Waals surface area (Å²) in [6.45, 7) is 4.05. The van der Waals surface area contributed by atoms with E-state index in [2.05, 4.69) is 24.2 Å². The number of rotatable bonds is 3. The molecule has 5 nitrogen and oxygen atoms in total. The van der Waals surface area contributed by atoms with Crippen LogP contribution in [0.5, 0.6) is 0 Å². The van der Waals surface area contributed by atoms with Crippen molar-refractivity contribution in [2.75, 3.05) is 7.11 Å². The molecule has 0 spiro atoms. The van der Waals surface area contributed by atoms with Crippen molar-refractivity contribution >= 4 is 16.9 Å². The number of carbonyl (C=O) groups is 1. The summed E-state index contributed by atoms with van der Waals surface area (Å²) in [5.41, 5.74) is 5.97. The second-order valence-corrected chi connectivity index (χ2v) is 6.45. The first-order valence-electron chi connectivity index (χ1n) is 8.68. The molecule has 0 aliphatic rings. The van der Waals surface area contributed by atoms with E-state index in [1.54, 1.807) is 12.3 Å². The van der Waals surface area contributed by atoms with Crippen LogP contribution in [0.4, 0.5) is 0 Å². The fourth-order valence-electron chi connectivity index (χ4n) is 3.20. The number of pyridine rings is 1. The maximum Gasteiger partial charge on any atom is 0.338 e. The summed E-state index contributed by atoms with van der Waals surface area (Å²) in [6, 6.07) is 17.5. The molecule has 4 rings (SSSR count). The number of fused-ring (bicyclic) bond motifs is 1. The average molecular weight is 357 g/mol. The normalized spacial score (nSPS) is 10.9. The van der Waals surface area contributed by atoms with E-state index < -0.39 is 0 Å². The van der Waals surface area contributed by atoms with Crippen LogP contribution in [0.15, 0.2) is 60.8 Å². The van der Waals surface area contributed by atoms with E-state index in [1.807, 2.05) is 48.0 Å². The number of hydrogen-bond donors (Lipinski definition) is 0. The Balaban J connectivity index is 1.88. The van der Waals surface area contributed by atoms with Gasteiger partial charge in [0.05, 0.1) is 41.5 Å². The lowest BCUT2D eigenvalue weighted by atomic mass is 10.0. The van der Waals surface area contributed by atoms with Crippen molar-refractivity contribution in [3.63, 3.8) is 0 Å². The largest absolute Gasteiger partial charge is 0.465 e. The maximum atomic E-state index is 12.3. The van der Waals surface area contributed by atoms with E-state index in [9.17, 15) is 4.79 Å². The van der Waals surface area contributed by atoms with Gasteiger partial charge in [-0.2, -0.15) is 5.10 Å². The third-order valence-corrected chi connectivity index (χ3v) is 4.69. The summed E-state index contributed by atoms with van der Waals surface area (Å²) in [4.78, 5) is 17.0. The molecule has 0 saturated heterocycles. The highest BCUT2D eigenvalue weighted by Gasteiger charge is 2.17. The molecule has 0 bridgehead atoms. The van der Waals surface area contributed by atoms with Crippen LogP contribution in [0.2, 0.25) is 0 Å². The van der Waals surface area contributed by atoms with Crippen molar-refractivity contribution in [1.82, 2.24) is 14.8 Å². The van der Waals surface area contributed by atoms with Crippen LogP contribution in [-0.2, 0) is 4.74 Å². The summed E-state index contributed by atoms with van der Waals surface area (Å²) in [6.07, 6.45) is 1.79. The molecule has 0 aliphatic heterocycles. The molecule has 0 fully saturated rings. The lowest BCUT2D eigenvalue weighted by Crippen LogP contribution is -2.04. The van der Waals surface area contributed by atoms with E-state index in [4.69, 9.17) is 9.72 Å². The number of para-hydroxylation sites is 1. The van der Waals surface area contributed by atoms with E-state index in [-0.39, 0.29) is 5.97 Å².